The summed E-state index contributed by atoms with van der Waals surface area (Å²) in [5, 5.41) is 14.5. The van der Waals surface area contributed by atoms with Crippen molar-refractivity contribution >= 4 is 6.03 Å². The van der Waals surface area contributed by atoms with Gasteiger partial charge in [0.25, 0.3) is 0 Å². The Morgan fingerprint density at radius 1 is 1.04 bits per heavy atom. The van der Waals surface area contributed by atoms with E-state index in [1.165, 1.54) is 0 Å². The predicted molar refractivity (Wildman–Crippen MR) is 89.6 cm³/mol. The lowest BCUT2D eigenvalue weighted by Crippen LogP contribution is -2.43. The summed E-state index contributed by atoms with van der Waals surface area (Å²) in [6, 6.07) is 16.2. The number of amides is 2. The lowest BCUT2D eigenvalue weighted by molar-refractivity contribution is 0.218. The maximum atomic E-state index is 11.9. The maximum Gasteiger partial charge on any atom is 0.315 e. The molecule has 0 aliphatic heterocycles. The van der Waals surface area contributed by atoms with E-state index >= 15 is 0 Å². The molecule has 0 aliphatic rings. The zero-order valence-electron chi connectivity index (χ0n) is 13.3. The average molecular weight is 314 g/mol. The fourth-order valence-corrected chi connectivity index (χ4v) is 2.13. The molecule has 0 radical (unpaired) electrons. The van der Waals surface area contributed by atoms with E-state index < -0.39 is 0 Å². The molecule has 0 aliphatic carbocycles. The first kappa shape index (κ1) is 16.8. The largest absolute Gasteiger partial charge is 0.457 e. The van der Waals surface area contributed by atoms with Gasteiger partial charge in [0.15, 0.2) is 0 Å². The van der Waals surface area contributed by atoms with Crippen LogP contribution in [0, 0.1) is 0 Å². The van der Waals surface area contributed by atoms with E-state index in [2.05, 4.69) is 10.6 Å². The van der Waals surface area contributed by atoms with Crippen LogP contribution < -0.4 is 15.4 Å². The number of ether oxygens (including phenoxy) is 1. The van der Waals surface area contributed by atoms with Crippen LogP contribution in [0.1, 0.15) is 25.5 Å². The molecule has 2 unspecified atom stereocenters. The van der Waals surface area contributed by atoms with Crippen LogP contribution in [-0.2, 0) is 0 Å². The summed E-state index contributed by atoms with van der Waals surface area (Å²) in [6.45, 7) is 3.52. The molecular formula is C18H22N2O3. The van der Waals surface area contributed by atoms with E-state index in [4.69, 9.17) is 9.84 Å². The number of benzene rings is 2. The van der Waals surface area contributed by atoms with Crippen LogP contribution in [0.5, 0.6) is 11.5 Å². The normalized spacial score (nSPS) is 13.0. The van der Waals surface area contributed by atoms with Gasteiger partial charge in [-0.1, -0.05) is 36.4 Å². The molecule has 0 saturated carbocycles. The number of hydrogen-bond donors (Lipinski definition) is 3. The number of carbonyl (C=O) groups is 1. The summed E-state index contributed by atoms with van der Waals surface area (Å²) >= 11 is 0. The van der Waals surface area contributed by atoms with E-state index in [0.717, 1.165) is 11.3 Å². The van der Waals surface area contributed by atoms with E-state index in [0.29, 0.717) is 5.75 Å². The molecule has 5 heteroatoms. The van der Waals surface area contributed by atoms with Crippen LogP contribution >= 0.6 is 0 Å². The third-order valence-electron chi connectivity index (χ3n) is 3.36. The Bertz CT molecular complexity index is 631. The molecular weight excluding hydrogens is 292 g/mol. The van der Waals surface area contributed by atoms with Crippen LogP contribution in [0.2, 0.25) is 0 Å². The number of carbonyl (C=O) groups excluding carboxylic acids is 1. The van der Waals surface area contributed by atoms with Crippen molar-refractivity contribution < 1.29 is 14.6 Å². The molecule has 5 nitrogen and oxygen atoms in total. The third-order valence-corrected chi connectivity index (χ3v) is 3.36. The minimum atomic E-state index is -0.325. The van der Waals surface area contributed by atoms with Crippen molar-refractivity contribution in [3.63, 3.8) is 0 Å². The fourth-order valence-electron chi connectivity index (χ4n) is 2.13. The summed E-state index contributed by atoms with van der Waals surface area (Å²) in [4.78, 5) is 11.9. The Kier molecular flexibility index (Phi) is 6.00. The van der Waals surface area contributed by atoms with Gasteiger partial charge in [0.05, 0.1) is 18.7 Å². The maximum absolute atomic E-state index is 11.9. The Hall–Kier alpha value is -2.53. The zero-order chi connectivity index (χ0) is 16.7. The molecule has 2 aromatic carbocycles. The summed E-state index contributed by atoms with van der Waals surface area (Å²) < 4.78 is 5.90. The first-order valence-corrected chi connectivity index (χ1v) is 7.60. The summed E-state index contributed by atoms with van der Waals surface area (Å²) in [5.41, 5.74) is 0.878. The van der Waals surface area contributed by atoms with Gasteiger partial charge >= 0.3 is 6.03 Å². The Morgan fingerprint density at radius 3 is 2.39 bits per heavy atom. The number of rotatable bonds is 6. The fraction of sp³-hybridized carbons (Fsp3) is 0.278. The second-order valence-electron chi connectivity index (χ2n) is 5.38. The van der Waals surface area contributed by atoms with Gasteiger partial charge in [-0.25, -0.2) is 4.79 Å². The summed E-state index contributed by atoms with van der Waals surface area (Å²) in [5.74, 6) is 1.44. The van der Waals surface area contributed by atoms with Gasteiger partial charge in [0, 0.05) is 5.56 Å². The second kappa shape index (κ2) is 8.19. The minimum absolute atomic E-state index is 0.102. The van der Waals surface area contributed by atoms with Crippen molar-refractivity contribution in [1.82, 2.24) is 10.6 Å². The van der Waals surface area contributed by atoms with E-state index in [-0.39, 0.29) is 24.7 Å². The standard InChI is InChI=1S/C18H22N2O3/c1-13(12-21)19-18(22)20-14(2)16-10-6-7-11-17(16)23-15-8-4-3-5-9-15/h3-11,13-14,21H,12H2,1-2H3,(H2,19,20,22). The lowest BCUT2D eigenvalue weighted by Gasteiger charge is -2.20. The molecule has 0 fully saturated rings. The third kappa shape index (κ3) is 5.00. The number of nitrogens with one attached hydrogen (secondary N) is 2. The topological polar surface area (TPSA) is 70.6 Å². The molecule has 0 aromatic heterocycles. The van der Waals surface area contributed by atoms with Gasteiger partial charge in [-0.2, -0.15) is 0 Å². The van der Waals surface area contributed by atoms with Gasteiger partial charge in [0.1, 0.15) is 11.5 Å². The molecule has 2 rings (SSSR count). The quantitative estimate of drug-likeness (QED) is 0.766. The molecule has 0 bridgehead atoms. The molecule has 2 aromatic rings. The first-order chi connectivity index (χ1) is 11.1. The molecule has 0 heterocycles. The summed E-state index contributed by atoms with van der Waals surface area (Å²) in [6.07, 6.45) is 0. The Balaban J connectivity index is 2.08. The van der Waals surface area contributed by atoms with Gasteiger partial charge in [-0.05, 0) is 32.0 Å². The lowest BCUT2D eigenvalue weighted by atomic mass is 10.1. The van der Waals surface area contributed by atoms with E-state index in [1.54, 1.807) is 6.92 Å². The molecule has 23 heavy (non-hydrogen) atoms. The summed E-state index contributed by atoms with van der Waals surface area (Å²) in [7, 11) is 0. The van der Waals surface area contributed by atoms with E-state index in [1.807, 2.05) is 61.5 Å². The molecule has 0 spiro atoms. The number of aliphatic hydroxyl groups excluding tert-OH is 1. The predicted octanol–water partition coefficient (Wildman–Crippen LogP) is 3.22. The van der Waals surface area contributed by atoms with Crippen LogP contribution in [0.15, 0.2) is 54.6 Å². The number of aliphatic hydroxyl groups is 1. The second-order valence-corrected chi connectivity index (χ2v) is 5.38. The number of hydrogen-bond acceptors (Lipinski definition) is 3. The van der Waals surface area contributed by atoms with Crippen molar-refractivity contribution in [2.45, 2.75) is 25.9 Å². The van der Waals surface area contributed by atoms with Crippen molar-refractivity contribution in [2.75, 3.05) is 6.61 Å². The molecule has 122 valence electrons. The number of para-hydroxylation sites is 2. The SMILES string of the molecule is CC(CO)NC(=O)NC(C)c1ccccc1Oc1ccccc1. The highest BCUT2D eigenvalue weighted by atomic mass is 16.5. The van der Waals surface area contributed by atoms with Gasteiger partial charge in [-0.3, -0.25) is 0 Å². The number of urea groups is 1. The van der Waals surface area contributed by atoms with Crippen molar-refractivity contribution in [1.29, 1.82) is 0 Å². The molecule has 2 amide bonds. The van der Waals surface area contributed by atoms with E-state index in [9.17, 15) is 4.79 Å². The molecule has 3 N–H and O–H groups in total. The highest BCUT2D eigenvalue weighted by Crippen LogP contribution is 2.29. The van der Waals surface area contributed by atoms with Gasteiger partial charge in [-0.15, -0.1) is 0 Å². The zero-order valence-corrected chi connectivity index (χ0v) is 13.3. The van der Waals surface area contributed by atoms with Crippen LogP contribution in [0.4, 0.5) is 4.79 Å². The van der Waals surface area contributed by atoms with Crippen LogP contribution in [0.25, 0.3) is 0 Å². The Labute approximate surface area is 136 Å². The van der Waals surface area contributed by atoms with Crippen LogP contribution in [0.3, 0.4) is 0 Å². The van der Waals surface area contributed by atoms with Crippen molar-refractivity contribution in [2.24, 2.45) is 0 Å². The van der Waals surface area contributed by atoms with Crippen LogP contribution in [-0.4, -0.2) is 23.8 Å². The monoisotopic (exact) mass is 314 g/mol. The average Bonchev–Trinajstić information content (AvgIpc) is 2.56. The van der Waals surface area contributed by atoms with Gasteiger partial charge in [0.2, 0.25) is 0 Å². The van der Waals surface area contributed by atoms with Crippen molar-refractivity contribution in [3.05, 3.63) is 60.2 Å². The highest BCUT2D eigenvalue weighted by molar-refractivity contribution is 5.74. The van der Waals surface area contributed by atoms with Crippen molar-refractivity contribution in [3.8, 4) is 11.5 Å². The minimum Gasteiger partial charge on any atom is -0.457 e. The first-order valence-electron chi connectivity index (χ1n) is 7.60. The molecule has 2 atom stereocenters. The smallest absolute Gasteiger partial charge is 0.315 e. The van der Waals surface area contributed by atoms with Gasteiger partial charge < -0.3 is 20.5 Å². The Morgan fingerprint density at radius 2 is 1.70 bits per heavy atom. The molecule has 0 saturated heterocycles. The highest BCUT2D eigenvalue weighted by Gasteiger charge is 2.15.